The van der Waals surface area contributed by atoms with Crippen molar-refractivity contribution < 1.29 is 62.2 Å². The molecule has 2 fully saturated rings. The number of hydroxylamine groups is 3. The summed E-state index contributed by atoms with van der Waals surface area (Å²) in [6.45, 7) is 0.824. The van der Waals surface area contributed by atoms with Gasteiger partial charge in [0.1, 0.15) is 54.8 Å². The number of thioether (sulfide) groups is 1. The molecule has 3 aliphatic rings. The predicted octanol–water partition coefficient (Wildman–Crippen LogP) is 3.04. The molecule has 4 heterocycles. The van der Waals surface area contributed by atoms with E-state index in [4.69, 9.17) is 24.1 Å². The van der Waals surface area contributed by atoms with Crippen molar-refractivity contribution in [3.8, 4) is 5.75 Å². The van der Waals surface area contributed by atoms with Gasteiger partial charge in [0.2, 0.25) is 16.7 Å². The molecule has 1 aromatic heterocycles. The minimum Gasteiger partial charge on any atom is -1.00 e. The van der Waals surface area contributed by atoms with E-state index in [-0.39, 0.29) is 53.9 Å². The molecular weight excluding hydrogens is 954 g/mol. The van der Waals surface area contributed by atoms with Crippen molar-refractivity contribution in [2.75, 3.05) is 45.9 Å². The largest absolute Gasteiger partial charge is 1.00 e. The number of anilines is 1. The fraction of sp³-hybridized carbons (Fsp3) is 0.261. The number of amides is 2. The molecule has 326 valence electrons. The van der Waals surface area contributed by atoms with E-state index in [0.717, 1.165) is 46.8 Å². The zero-order chi connectivity index (χ0) is 43.3. The molecule has 3 atom stereocenters. The van der Waals surface area contributed by atoms with E-state index in [1.807, 2.05) is 117 Å². The van der Waals surface area contributed by atoms with Gasteiger partial charge in [-0.15, -0.1) is 11.8 Å². The van der Waals surface area contributed by atoms with E-state index in [0.29, 0.717) is 26.9 Å². The summed E-state index contributed by atoms with van der Waals surface area (Å²) >= 11 is 2.49. The van der Waals surface area contributed by atoms with Gasteiger partial charge >= 0.3 is 5.97 Å². The minimum atomic E-state index is -0.987. The summed E-state index contributed by atoms with van der Waals surface area (Å²) in [5.74, 6) is -0.786. The van der Waals surface area contributed by atoms with Gasteiger partial charge in [0.25, 0.3) is 11.8 Å². The van der Waals surface area contributed by atoms with Crippen LogP contribution in [0.4, 0.5) is 5.13 Å². The van der Waals surface area contributed by atoms with Gasteiger partial charge in [-0.25, -0.2) is 4.79 Å². The number of nitrogens with zero attached hydrogens (tertiary/aromatic N) is 5. The number of fused-ring (bicyclic) bond motifs is 1. The summed E-state index contributed by atoms with van der Waals surface area (Å²) in [6.07, 6.45) is 4.42. The third kappa shape index (κ3) is 9.67. The number of benzene rings is 4. The molecular formula is C46H46IN7O7S2. The molecule has 1 unspecified atom stereocenters. The van der Waals surface area contributed by atoms with E-state index in [1.54, 1.807) is 31.4 Å². The number of carbonyl (C=O) groups excluding carboxylic acids is 3. The molecule has 4 aromatic carbocycles. The predicted molar refractivity (Wildman–Crippen MR) is 237 cm³/mol. The highest BCUT2D eigenvalue weighted by atomic mass is 127. The second kappa shape index (κ2) is 19.8. The number of aromatic nitrogens is 2. The number of rotatable bonds is 15. The van der Waals surface area contributed by atoms with Crippen LogP contribution in [-0.4, -0.2) is 101 Å². The molecule has 17 heteroatoms. The molecule has 3 aliphatic heterocycles. The number of nitrogens with one attached hydrogen (secondary N) is 2. The molecule has 0 bridgehead atoms. The fourth-order valence-electron chi connectivity index (χ4n) is 7.76. The number of allylic oxidation sites excluding steroid dienone is 1. The molecule has 0 spiro atoms. The molecule has 2 N–H and O–H groups in total. The van der Waals surface area contributed by atoms with E-state index in [2.05, 4.69) is 20.2 Å². The number of esters is 1. The van der Waals surface area contributed by atoms with Gasteiger partial charge in [-0.1, -0.05) is 114 Å². The lowest BCUT2D eigenvalue weighted by molar-refractivity contribution is -1.06. The highest BCUT2D eigenvalue weighted by molar-refractivity contribution is 8.00. The number of halogens is 1. The first-order chi connectivity index (χ1) is 30.1. The third-order valence-corrected chi connectivity index (χ3v) is 12.8. The highest BCUT2D eigenvalue weighted by Gasteiger charge is 2.55. The van der Waals surface area contributed by atoms with Crippen molar-refractivity contribution >= 4 is 51.9 Å². The Labute approximate surface area is 391 Å². The van der Waals surface area contributed by atoms with Crippen molar-refractivity contribution in [1.82, 2.24) is 19.6 Å². The normalized spacial score (nSPS) is 19.4. The van der Waals surface area contributed by atoms with E-state index in [1.165, 1.54) is 23.8 Å². The fourth-order valence-corrected chi connectivity index (χ4v) is 9.71. The maximum Gasteiger partial charge on any atom is 0.355 e. The quantitative estimate of drug-likeness (QED) is 0.0303. The maximum absolute atomic E-state index is 14.1. The molecule has 0 radical (unpaired) electrons. The number of quaternary nitrogens is 1. The third-order valence-electron chi connectivity index (χ3n) is 10.8. The van der Waals surface area contributed by atoms with E-state index < -0.39 is 34.7 Å². The average Bonchev–Trinajstić information content (AvgIpc) is 3.92. The van der Waals surface area contributed by atoms with Crippen LogP contribution in [0.15, 0.2) is 144 Å². The number of methoxy groups -OCH3 is 1. The Balaban J connectivity index is 0.00000595. The molecule has 5 aromatic rings. The molecule has 2 amide bonds. The molecule has 8 rings (SSSR count). The first kappa shape index (κ1) is 45.4. The minimum absolute atomic E-state index is 0. The van der Waals surface area contributed by atoms with Crippen LogP contribution in [0.25, 0.3) is 0 Å². The van der Waals surface area contributed by atoms with Crippen LogP contribution in [0.1, 0.15) is 34.5 Å². The lowest BCUT2D eigenvalue weighted by Gasteiger charge is -2.49. The second-order valence-corrected chi connectivity index (χ2v) is 17.1. The molecule has 14 nitrogen and oxygen atoms in total. The Bertz CT molecular complexity index is 2410. The summed E-state index contributed by atoms with van der Waals surface area (Å²) in [7, 11) is 6.87. The van der Waals surface area contributed by atoms with Crippen molar-refractivity contribution in [1.29, 1.82) is 0 Å². The number of carbonyl (C=O) groups is 3. The van der Waals surface area contributed by atoms with Crippen LogP contribution >= 0.6 is 23.3 Å². The molecule has 0 saturated carbocycles. The Kier molecular flexibility index (Phi) is 14.3. The summed E-state index contributed by atoms with van der Waals surface area (Å²) in [6, 6.07) is 36.3. The number of hydrogen-bond donors (Lipinski definition) is 2. The first-order valence-corrected chi connectivity index (χ1v) is 21.8. The Morgan fingerprint density at radius 2 is 1.56 bits per heavy atom. The van der Waals surface area contributed by atoms with Crippen LogP contribution in [0.3, 0.4) is 0 Å². The first-order valence-electron chi connectivity index (χ1n) is 20.0. The van der Waals surface area contributed by atoms with Gasteiger partial charge in [0, 0.05) is 23.7 Å². The van der Waals surface area contributed by atoms with Crippen LogP contribution in [0.2, 0.25) is 0 Å². The van der Waals surface area contributed by atoms with Crippen LogP contribution in [-0.2, 0) is 40.9 Å². The molecule has 63 heavy (non-hydrogen) atoms. The van der Waals surface area contributed by atoms with Crippen LogP contribution < -0.4 is 39.3 Å². The van der Waals surface area contributed by atoms with Gasteiger partial charge in [0.05, 0.1) is 21.2 Å². The monoisotopic (exact) mass is 999 g/mol. The highest BCUT2D eigenvalue weighted by Crippen LogP contribution is 2.42. The van der Waals surface area contributed by atoms with Crippen molar-refractivity contribution in [3.05, 3.63) is 167 Å². The second-order valence-electron chi connectivity index (χ2n) is 15.3. The van der Waals surface area contributed by atoms with Gasteiger partial charge in [-0.3, -0.25) is 14.5 Å². The van der Waals surface area contributed by atoms with Gasteiger partial charge in [-0.05, 0) is 46.0 Å². The van der Waals surface area contributed by atoms with E-state index >= 15 is 0 Å². The lowest BCUT2D eigenvalue weighted by Crippen LogP contribution is -3.00. The lowest BCUT2D eigenvalue weighted by atomic mass is 9.77. The summed E-state index contributed by atoms with van der Waals surface area (Å²) in [5, 5.41) is 10.3. The van der Waals surface area contributed by atoms with Crippen molar-refractivity contribution in [3.63, 3.8) is 0 Å². The van der Waals surface area contributed by atoms with E-state index in [9.17, 15) is 14.4 Å². The topological polar surface area (TPSA) is 154 Å². The van der Waals surface area contributed by atoms with Gasteiger partial charge in [-0.2, -0.15) is 18.8 Å². The number of hydrogen-bond acceptors (Lipinski definition) is 13. The molecule has 2 saturated heterocycles. The average molecular weight is 1000 g/mol. The van der Waals surface area contributed by atoms with Crippen molar-refractivity contribution in [2.24, 2.45) is 5.16 Å². The number of β-lactam (4-membered cyclic amide) rings is 1. The Morgan fingerprint density at radius 1 is 0.937 bits per heavy atom. The van der Waals surface area contributed by atoms with Gasteiger partial charge < -0.3 is 48.9 Å². The van der Waals surface area contributed by atoms with Crippen molar-refractivity contribution in [2.45, 2.75) is 36.1 Å². The maximum atomic E-state index is 14.1. The number of oxime groups is 1. The SMILES string of the molecule is CO/N=C(\C(=O)N[C@@H]1C(=O)N2C(C(=O)OCc3ccc(OC)cc3)=C(/C=C/C3CC[N+](C)(C)O3)CS[C@H]12)c1nsc(NC(c2ccccc2)(c2ccccc2)c2ccccc2)n1.[I-]. The van der Waals surface area contributed by atoms with Gasteiger partial charge in [0.15, 0.2) is 0 Å². The Morgan fingerprint density at radius 3 is 2.11 bits per heavy atom. The van der Waals surface area contributed by atoms with Crippen LogP contribution in [0.5, 0.6) is 5.75 Å². The zero-order valence-corrected chi connectivity index (χ0v) is 38.8. The standard InChI is InChI=1S/C46H45N7O7S2.HI/c1-53(2)27-26-36(60-53)25-22-31-29-61-43-38(42(55)52(43)39(31)44(56)59-28-30-20-23-35(57-3)24-21-30)47-41(54)37(50-58-4)40-48-45(62-51-40)49-46(32-14-8-5-9-15-32,33-16-10-6-11-17-33)34-18-12-7-13-19-34;/h5-25,36,38,43H,26-29H2,1-4H3,(H-,47,48,49,51,54);1H/b25-22+,50-37-;/t36?,38-,43-;/m1./s1. The zero-order valence-electron chi connectivity index (χ0n) is 35.0. The summed E-state index contributed by atoms with van der Waals surface area (Å²) in [5.41, 5.74) is 3.27. The smallest absolute Gasteiger partial charge is 0.355 e. The summed E-state index contributed by atoms with van der Waals surface area (Å²) in [4.78, 5) is 59.4. The number of ether oxygens (including phenoxy) is 2. The summed E-state index contributed by atoms with van der Waals surface area (Å²) < 4.78 is 16.0. The molecule has 0 aliphatic carbocycles. The Hall–Kier alpha value is -5.60. The van der Waals surface area contributed by atoms with Crippen LogP contribution in [0, 0.1) is 0 Å².